The summed E-state index contributed by atoms with van der Waals surface area (Å²) in [4.78, 5) is 27.2. The van der Waals surface area contributed by atoms with E-state index in [1.54, 1.807) is 14.0 Å². The number of anilines is 1. The number of aryl methyl sites for hydroxylation is 1. The Morgan fingerprint density at radius 1 is 1.60 bits per heavy atom. The lowest BCUT2D eigenvalue weighted by Crippen LogP contribution is -2.37. The Morgan fingerprint density at radius 2 is 2.25 bits per heavy atom. The van der Waals surface area contributed by atoms with Crippen LogP contribution in [0.2, 0.25) is 0 Å². The quantitative estimate of drug-likeness (QED) is 0.625. The molecule has 2 heterocycles. The summed E-state index contributed by atoms with van der Waals surface area (Å²) in [6.07, 6.45) is 0.0126. The molecule has 0 aromatic carbocycles. The van der Waals surface area contributed by atoms with E-state index >= 15 is 0 Å². The molecule has 20 heavy (non-hydrogen) atoms. The number of ether oxygens (including phenoxy) is 1. The number of aliphatic carboxylic acids is 1. The molecule has 1 saturated heterocycles. The number of carboxylic acid groups (broad SMARTS) is 1. The molecule has 0 aliphatic carbocycles. The number of nitrogens with zero attached hydrogens (tertiary/aromatic N) is 4. The Labute approximate surface area is 114 Å². The van der Waals surface area contributed by atoms with Gasteiger partial charge in [0.15, 0.2) is 0 Å². The molecule has 110 valence electrons. The van der Waals surface area contributed by atoms with Crippen LogP contribution in [0.4, 0.5) is 11.6 Å². The van der Waals surface area contributed by atoms with Gasteiger partial charge in [0.05, 0.1) is 6.10 Å². The molecule has 0 amide bonds. The monoisotopic (exact) mass is 284 g/mol. The highest BCUT2D eigenvalue weighted by molar-refractivity contribution is 5.80. The Kier molecular flexibility index (Phi) is 3.62. The molecule has 2 atom stereocenters. The van der Waals surface area contributed by atoms with Gasteiger partial charge in [-0.1, -0.05) is 0 Å². The van der Waals surface area contributed by atoms with Crippen LogP contribution in [-0.2, 0) is 16.6 Å². The van der Waals surface area contributed by atoms with E-state index in [-0.39, 0.29) is 30.7 Å². The maximum Gasteiger partial charge on any atom is 0.406 e. The maximum atomic E-state index is 11.3. The third-order valence-electron chi connectivity index (χ3n) is 3.60. The molecular formula is C11H16N4O5. The molecule has 0 saturated carbocycles. The van der Waals surface area contributed by atoms with E-state index in [2.05, 4.69) is 4.98 Å². The van der Waals surface area contributed by atoms with Gasteiger partial charge < -0.3 is 24.9 Å². The summed E-state index contributed by atoms with van der Waals surface area (Å²) >= 11 is 0. The SMILES string of the molecule is COC1CC(C(=O)O)N(c2c([N+](=O)[O-])nc(C)n2C)C1. The van der Waals surface area contributed by atoms with Crippen LogP contribution in [0.25, 0.3) is 0 Å². The third kappa shape index (κ3) is 2.20. The zero-order valence-electron chi connectivity index (χ0n) is 11.4. The minimum absolute atomic E-state index is 0.208. The van der Waals surface area contributed by atoms with Gasteiger partial charge in [-0.25, -0.2) is 4.79 Å². The van der Waals surface area contributed by atoms with Crippen molar-refractivity contribution >= 4 is 17.6 Å². The van der Waals surface area contributed by atoms with Crippen molar-refractivity contribution in [3.63, 3.8) is 0 Å². The number of rotatable bonds is 4. The summed E-state index contributed by atoms with van der Waals surface area (Å²) in [5.41, 5.74) is 0. The molecular weight excluding hydrogens is 268 g/mol. The molecule has 0 radical (unpaired) electrons. The number of methoxy groups -OCH3 is 1. The molecule has 1 fully saturated rings. The number of carboxylic acids is 1. The second-order valence-corrected chi connectivity index (χ2v) is 4.72. The fourth-order valence-electron chi connectivity index (χ4n) is 2.46. The zero-order valence-corrected chi connectivity index (χ0v) is 11.4. The van der Waals surface area contributed by atoms with Crippen LogP contribution in [0.5, 0.6) is 0 Å². The number of nitro groups is 1. The molecule has 1 aromatic heterocycles. The first kappa shape index (κ1) is 14.3. The fourth-order valence-corrected chi connectivity index (χ4v) is 2.46. The molecule has 1 aromatic rings. The lowest BCUT2D eigenvalue weighted by molar-refractivity contribution is -0.388. The molecule has 0 spiro atoms. The number of imidazole rings is 1. The largest absolute Gasteiger partial charge is 0.480 e. The zero-order chi connectivity index (χ0) is 15.0. The number of hydrogen-bond donors (Lipinski definition) is 1. The van der Waals surface area contributed by atoms with Gasteiger partial charge in [0.25, 0.3) is 0 Å². The average molecular weight is 284 g/mol. The second kappa shape index (κ2) is 5.08. The van der Waals surface area contributed by atoms with Gasteiger partial charge in [0, 0.05) is 34.0 Å². The Bertz CT molecular complexity index is 555. The van der Waals surface area contributed by atoms with E-state index in [9.17, 15) is 20.0 Å². The summed E-state index contributed by atoms with van der Waals surface area (Å²) in [5, 5.41) is 20.4. The molecule has 1 aliphatic rings. The molecule has 9 nitrogen and oxygen atoms in total. The van der Waals surface area contributed by atoms with Gasteiger partial charge in [-0.05, 0) is 9.91 Å². The predicted octanol–water partition coefficient (Wildman–Crippen LogP) is 0.315. The van der Waals surface area contributed by atoms with Crippen LogP contribution in [-0.4, -0.2) is 51.4 Å². The average Bonchev–Trinajstić information content (AvgIpc) is 2.92. The second-order valence-electron chi connectivity index (χ2n) is 4.72. The number of carbonyl (C=O) groups is 1. The van der Waals surface area contributed by atoms with Crippen molar-refractivity contribution < 1.29 is 19.6 Å². The van der Waals surface area contributed by atoms with Gasteiger partial charge >= 0.3 is 11.8 Å². The van der Waals surface area contributed by atoms with Crippen molar-refractivity contribution in [1.82, 2.24) is 9.55 Å². The first-order valence-corrected chi connectivity index (χ1v) is 6.06. The Balaban J connectivity index is 2.49. The van der Waals surface area contributed by atoms with Gasteiger partial charge in [-0.15, -0.1) is 0 Å². The molecule has 9 heteroatoms. The number of aromatic nitrogens is 2. The van der Waals surface area contributed by atoms with Gasteiger partial charge in [0.1, 0.15) is 6.04 Å². The van der Waals surface area contributed by atoms with Crippen LogP contribution >= 0.6 is 0 Å². The van der Waals surface area contributed by atoms with E-state index in [0.717, 1.165) is 0 Å². The van der Waals surface area contributed by atoms with Crippen molar-refractivity contribution in [2.45, 2.75) is 25.5 Å². The summed E-state index contributed by atoms with van der Waals surface area (Å²) in [6, 6.07) is -0.853. The molecule has 0 bridgehead atoms. The lowest BCUT2D eigenvalue weighted by Gasteiger charge is -2.22. The van der Waals surface area contributed by atoms with Crippen molar-refractivity contribution in [3.8, 4) is 0 Å². The lowest BCUT2D eigenvalue weighted by atomic mass is 10.2. The topological polar surface area (TPSA) is 111 Å². The van der Waals surface area contributed by atoms with Crippen LogP contribution < -0.4 is 4.90 Å². The molecule has 2 unspecified atom stereocenters. The minimum Gasteiger partial charge on any atom is -0.480 e. The number of hydrogen-bond acceptors (Lipinski definition) is 6. The molecule has 1 aliphatic heterocycles. The van der Waals surface area contributed by atoms with Crippen molar-refractivity contribution in [2.75, 3.05) is 18.6 Å². The molecule has 1 N–H and O–H groups in total. The smallest absolute Gasteiger partial charge is 0.406 e. The first-order valence-electron chi connectivity index (χ1n) is 6.06. The highest BCUT2D eigenvalue weighted by atomic mass is 16.6. The van der Waals surface area contributed by atoms with E-state index in [1.807, 2.05) is 0 Å². The van der Waals surface area contributed by atoms with Gasteiger partial charge in [-0.2, -0.15) is 0 Å². The van der Waals surface area contributed by atoms with Gasteiger partial charge in [0.2, 0.25) is 11.6 Å². The summed E-state index contributed by atoms with van der Waals surface area (Å²) in [6.45, 7) is 1.92. The fraction of sp³-hybridized carbons (Fsp3) is 0.636. The van der Waals surface area contributed by atoms with E-state index in [0.29, 0.717) is 5.82 Å². The normalized spacial score (nSPS) is 22.2. The standard InChI is InChI=1S/C11H16N4O5/c1-6-12-9(15(18)19)10(13(6)2)14-5-7(20-3)4-8(14)11(16)17/h7-8H,4-5H2,1-3H3,(H,16,17). The summed E-state index contributed by atoms with van der Waals surface area (Å²) < 4.78 is 6.72. The first-order chi connectivity index (χ1) is 9.36. The third-order valence-corrected chi connectivity index (χ3v) is 3.60. The van der Waals surface area contributed by atoms with Crippen molar-refractivity contribution in [3.05, 3.63) is 15.9 Å². The summed E-state index contributed by atoms with van der Waals surface area (Å²) in [7, 11) is 3.12. The van der Waals surface area contributed by atoms with Gasteiger partial charge in [-0.3, -0.25) is 4.57 Å². The van der Waals surface area contributed by atoms with E-state index in [1.165, 1.54) is 16.6 Å². The predicted molar refractivity (Wildman–Crippen MR) is 68.8 cm³/mol. The molecule has 2 rings (SSSR count). The Hall–Kier alpha value is -2.16. The van der Waals surface area contributed by atoms with Crippen molar-refractivity contribution in [1.29, 1.82) is 0 Å². The highest BCUT2D eigenvalue weighted by Crippen LogP contribution is 2.34. The highest BCUT2D eigenvalue weighted by Gasteiger charge is 2.42. The van der Waals surface area contributed by atoms with Crippen LogP contribution in [0.3, 0.4) is 0 Å². The van der Waals surface area contributed by atoms with Crippen LogP contribution in [0.1, 0.15) is 12.2 Å². The van der Waals surface area contributed by atoms with Crippen LogP contribution in [0.15, 0.2) is 0 Å². The minimum atomic E-state index is -1.03. The van der Waals surface area contributed by atoms with Crippen molar-refractivity contribution in [2.24, 2.45) is 7.05 Å². The Morgan fingerprint density at radius 3 is 2.75 bits per heavy atom. The van der Waals surface area contributed by atoms with E-state index < -0.39 is 16.9 Å². The van der Waals surface area contributed by atoms with Crippen LogP contribution in [0, 0.1) is 17.0 Å². The maximum absolute atomic E-state index is 11.3. The summed E-state index contributed by atoms with van der Waals surface area (Å²) in [5.74, 6) is -0.693. The van der Waals surface area contributed by atoms with E-state index in [4.69, 9.17) is 4.74 Å².